The number of hydrogen-bond donors (Lipinski definition) is 3. The summed E-state index contributed by atoms with van der Waals surface area (Å²) in [5.74, 6) is -1.38. The number of hydrogen-bond acceptors (Lipinski definition) is 15. The fourth-order valence-corrected chi connectivity index (χ4v) is 13.5. The molecule has 5 atom stereocenters. The van der Waals surface area contributed by atoms with E-state index in [-0.39, 0.29) is 25.7 Å². The SMILES string of the molecule is CCCCCCCCCCCCCCCCCCCC(=O)O[C@H](COC(=O)CCCCCCCCCCCCCCCCCC)COP(=O)(O)OC[C@@H](O)COP(=O)(O)OC[C@@H](COC(=O)CCCCCCCCCCC(C)C)OC(=O)CCCCCCCCCCCCCC. The van der Waals surface area contributed by atoms with Gasteiger partial charge in [0.05, 0.1) is 26.4 Å². The molecular weight excluding hydrogens is 1260 g/mol. The second-order valence-electron chi connectivity index (χ2n) is 28.2. The topological polar surface area (TPSA) is 237 Å². The van der Waals surface area contributed by atoms with Gasteiger partial charge < -0.3 is 33.8 Å². The van der Waals surface area contributed by atoms with Gasteiger partial charge in [0, 0.05) is 25.7 Å². The third kappa shape index (κ3) is 70.5. The standard InChI is InChI=1S/C77H150O17P2/c1-6-9-12-15-18-21-24-27-29-31-33-35-38-41-48-53-58-63-77(82)93-72(66-87-74(79)60-55-50-45-39-37-34-32-30-28-25-22-19-16-13-10-7-2)68-91-95(83,84)89-64-71(78)65-90-96(85,86)92-69-73(67-88-75(80)61-56-51-46-43-42-44-49-54-59-70(4)5)94-76(81)62-57-52-47-40-36-26-23-20-17-14-11-8-3/h70-73,78H,6-69H2,1-5H3,(H,83,84)(H,85,86)/t71-,72-,73-/m1/s1. The lowest BCUT2D eigenvalue weighted by atomic mass is 10.0. The van der Waals surface area contributed by atoms with E-state index in [0.29, 0.717) is 25.7 Å². The average molecular weight is 1410 g/mol. The Bertz CT molecular complexity index is 1840. The quantitative estimate of drug-likeness (QED) is 0.0222. The van der Waals surface area contributed by atoms with Crippen LogP contribution >= 0.6 is 15.6 Å². The molecule has 0 spiro atoms. The van der Waals surface area contributed by atoms with Gasteiger partial charge in [-0.3, -0.25) is 37.3 Å². The van der Waals surface area contributed by atoms with E-state index in [2.05, 4.69) is 34.6 Å². The molecule has 0 aromatic rings. The normalized spacial score (nSPS) is 13.9. The van der Waals surface area contributed by atoms with Gasteiger partial charge in [-0.25, -0.2) is 9.13 Å². The van der Waals surface area contributed by atoms with Crippen LogP contribution < -0.4 is 0 Å². The highest BCUT2D eigenvalue weighted by molar-refractivity contribution is 7.47. The second-order valence-corrected chi connectivity index (χ2v) is 31.1. The smallest absolute Gasteiger partial charge is 0.462 e. The molecule has 0 rings (SSSR count). The summed E-state index contributed by atoms with van der Waals surface area (Å²) < 4.78 is 68.6. The Balaban J connectivity index is 5.24. The van der Waals surface area contributed by atoms with Crippen LogP contribution in [0.25, 0.3) is 0 Å². The molecule has 19 heteroatoms. The van der Waals surface area contributed by atoms with Crippen LogP contribution in [0.3, 0.4) is 0 Å². The van der Waals surface area contributed by atoms with E-state index >= 15 is 0 Å². The Labute approximate surface area is 588 Å². The van der Waals surface area contributed by atoms with Gasteiger partial charge in [-0.15, -0.1) is 0 Å². The van der Waals surface area contributed by atoms with E-state index in [1.165, 1.54) is 231 Å². The first-order chi connectivity index (χ1) is 46.5. The number of ether oxygens (including phenoxy) is 4. The Morgan fingerprint density at radius 1 is 0.281 bits per heavy atom. The molecule has 0 aliphatic rings. The summed E-state index contributed by atoms with van der Waals surface area (Å²) in [6.07, 6.45) is 59.6. The second kappa shape index (κ2) is 70.1. The van der Waals surface area contributed by atoms with Gasteiger partial charge in [-0.1, -0.05) is 356 Å². The van der Waals surface area contributed by atoms with Crippen molar-refractivity contribution >= 4 is 39.5 Å². The van der Waals surface area contributed by atoms with Crippen molar-refractivity contribution in [1.82, 2.24) is 0 Å². The van der Waals surface area contributed by atoms with E-state index in [1.54, 1.807) is 0 Å². The Hall–Kier alpha value is -1.94. The van der Waals surface area contributed by atoms with Crippen LogP contribution in [0, 0.1) is 5.92 Å². The molecule has 0 saturated carbocycles. The zero-order valence-electron chi connectivity index (χ0n) is 62.5. The maximum Gasteiger partial charge on any atom is 0.472 e. The average Bonchev–Trinajstić information content (AvgIpc) is 1.17. The molecule has 0 bridgehead atoms. The van der Waals surface area contributed by atoms with Crippen LogP contribution in [-0.4, -0.2) is 96.7 Å². The molecule has 2 unspecified atom stereocenters. The number of aliphatic hydroxyl groups is 1. The molecular formula is C77H150O17P2. The van der Waals surface area contributed by atoms with E-state index in [4.69, 9.17) is 37.0 Å². The van der Waals surface area contributed by atoms with Crippen molar-refractivity contribution in [1.29, 1.82) is 0 Å². The van der Waals surface area contributed by atoms with Gasteiger partial charge >= 0.3 is 39.5 Å². The number of phosphoric acid groups is 2. The lowest BCUT2D eigenvalue weighted by Gasteiger charge is -2.21. The Morgan fingerprint density at radius 3 is 0.708 bits per heavy atom. The first-order valence-corrected chi connectivity index (χ1v) is 43.1. The van der Waals surface area contributed by atoms with Gasteiger partial charge in [-0.2, -0.15) is 0 Å². The molecule has 0 aliphatic heterocycles. The van der Waals surface area contributed by atoms with E-state index in [9.17, 15) is 43.2 Å². The van der Waals surface area contributed by atoms with E-state index in [1.807, 2.05) is 0 Å². The zero-order chi connectivity index (χ0) is 70.5. The first-order valence-electron chi connectivity index (χ1n) is 40.1. The van der Waals surface area contributed by atoms with Crippen molar-refractivity contribution < 1.29 is 80.2 Å². The molecule has 3 N–H and O–H groups in total. The molecule has 0 radical (unpaired) electrons. The number of esters is 4. The largest absolute Gasteiger partial charge is 0.472 e. The minimum Gasteiger partial charge on any atom is -0.462 e. The summed E-state index contributed by atoms with van der Waals surface area (Å²) in [5.41, 5.74) is 0. The fourth-order valence-electron chi connectivity index (χ4n) is 11.9. The molecule has 570 valence electrons. The van der Waals surface area contributed by atoms with Crippen molar-refractivity contribution in [2.24, 2.45) is 5.92 Å². The van der Waals surface area contributed by atoms with Crippen molar-refractivity contribution in [3.63, 3.8) is 0 Å². The van der Waals surface area contributed by atoms with Crippen LogP contribution in [0.1, 0.15) is 407 Å². The summed E-state index contributed by atoms with van der Waals surface area (Å²) in [6, 6.07) is 0. The number of aliphatic hydroxyl groups excluding tert-OH is 1. The van der Waals surface area contributed by atoms with Crippen LogP contribution in [0.15, 0.2) is 0 Å². The van der Waals surface area contributed by atoms with Crippen LogP contribution in [0.4, 0.5) is 0 Å². The lowest BCUT2D eigenvalue weighted by Crippen LogP contribution is -2.30. The highest BCUT2D eigenvalue weighted by atomic mass is 31.2. The minimum absolute atomic E-state index is 0.107. The summed E-state index contributed by atoms with van der Waals surface area (Å²) >= 11 is 0. The monoisotopic (exact) mass is 1410 g/mol. The van der Waals surface area contributed by atoms with Crippen LogP contribution in [0.5, 0.6) is 0 Å². The summed E-state index contributed by atoms with van der Waals surface area (Å²) in [7, 11) is -9.91. The molecule has 0 heterocycles. The van der Waals surface area contributed by atoms with Crippen LogP contribution in [-0.2, 0) is 65.4 Å². The summed E-state index contributed by atoms with van der Waals surface area (Å²) in [5, 5.41) is 10.6. The van der Waals surface area contributed by atoms with E-state index in [0.717, 1.165) is 95.8 Å². The van der Waals surface area contributed by atoms with Crippen molar-refractivity contribution in [3.8, 4) is 0 Å². The molecule has 17 nitrogen and oxygen atoms in total. The molecule has 0 aliphatic carbocycles. The van der Waals surface area contributed by atoms with Gasteiger partial charge in [0.1, 0.15) is 19.3 Å². The predicted molar refractivity (Wildman–Crippen MR) is 391 cm³/mol. The predicted octanol–water partition coefficient (Wildman–Crippen LogP) is 22.9. The van der Waals surface area contributed by atoms with Crippen molar-refractivity contribution in [3.05, 3.63) is 0 Å². The zero-order valence-corrected chi connectivity index (χ0v) is 64.3. The number of phosphoric ester groups is 2. The molecule has 0 saturated heterocycles. The Kier molecular flexibility index (Phi) is 68.7. The van der Waals surface area contributed by atoms with Crippen molar-refractivity contribution in [2.75, 3.05) is 39.6 Å². The van der Waals surface area contributed by atoms with E-state index < -0.39 is 97.5 Å². The number of carbonyl (C=O) groups is 4. The Morgan fingerprint density at radius 2 is 0.479 bits per heavy atom. The highest BCUT2D eigenvalue weighted by Gasteiger charge is 2.30. The number of carbonyl (C=O) groups excluding carboxylic acids is 4. The van der Waals surface area contributed by atoms with Gasteiger partial charge in [0.2, 0.25) is 0 Å². The summed E-state index contributed by atoms with van der Waals surface area (Å²) in [6.45, 7) is 7.27. The third-order valence-corrected chi connectivity index (χ3v) is 19.9. The number of rotatable bonds is 77. The molecule has 96 heavy (non-hydrogen) atoms. The molecule has 0 fully saturated rings. The first kappa shape index (κ1) is 94.1. The maximum absolute atomic E-state index is 13.1. The van der Waals surface area contributed by atoms with Gasteiger partial charge in [0.25, 0.3) is 0 Å². The van der Waals surface area contributed by atoms with Gasteiger partial charge in [0.15, 0.2) is 12.2 Å². The number of unbranched alkanes of at least 4 members (excludes halogenated alkanes) is 49. The maximum atomic E-state index is 13.1. The lowest BCUT2D eigenvalue weighted by molar-refractivity contribution is -0.161. The molecule has 0 aromatic heterocycles. The van der Waals surface area contributed by atoms with Crippen LogP contribution in [0.2, 0.25) is 0 Å². The minimum atomic E-state index is -4.96. The summed E-state index contributed by atoms with van der Waals surface area (Å²) in [4.78, 5) is 72.9. The molecule has 0 amide bonds. The third-order valence-electron chi connectivity index (χ3n) is 18.0. The molecule has 0 aromatic carbocycles. The van der Waals surface area contributed by atoms with Gasteiger partial charge in [-0.05, 0) is 31.6 Å². The highest BCUT2D eigenvalue weighted by Crippen LogP contribution is 2.45. The van der Waals surface area contributed by atoms with Crippen molar-refractivity contribution in [2.45, 2.75) is 425 Å². The fraction of sp³-hybridized carbons (Fsp3) is 0.948.